The van der Waals surface area contributed by atoms with Gasteiger partial charge in [-0.3, -0.25) is 14.9 Å². The van der Waals surface area contributed by atoms with Crippen LogP contribution in [0.1, 0.15) is 116 Å². The van der Waals surface area contributed by atoms with Gasteiger partial charge in [-0.15, -0.1) is 5.10 Å². The summed E-state index contributed by atoms with van der Waals surface area (Å²) in [6.07, 6.45) is 2.74. The molecule has 0 saturated carbocycles. The number of nitrogens with zero attached hydrogens (tertiary/aromatic N) is 3. The van der Waals surface area contributed by atoms with Crippen LogP contribution in [0.15, 0.2) is 24.4 Å². The first-order chi connectivity index (χ1) is 33.0. The summed E-state index contributed by atoms with van der Waals surface area (Å²) in [7, 11) is 0. The molecule has 2 saturated heterocycles. The highest BCUT2D eigenvalue weighted by molar-refractivity contribution is 8.00. The van der Waals surface area contributed by atoms with Crippen LogP contribution in [-0.4, -0.2) is 150 Å². The quantitative estimate of drug-likeness (QED) is 0.0210. The molecule has 0 spiro atoms. The van der Waals surface area contributed by atoms with Gasteiger partial charge in [0, 0.05) is 41.5 Å². The molecule has 5 N–H and O–H groups in total. The molecule has 2 aliphatic rings. The normalized spacial score (nSPS) is 17.0. The minimum atomic E-state index is -1.40. The SMILES string of the molecule is CC(C)(C)OC(=O)Nc1cc(C#CCOCc2cn(CCOCCOCCOCCNC(=O)CCCC[C@@H]3SCC4NC(=O)N[C@@H]43)nn2)ccc1C(=O)C[C@H](NC(=O)OC(C)(C)C)C(=O)OC(C)(C)C. The Bertz CT molecular complexity index is 2120. The summed E-state index contributed by atoms with van der Waals surface area (Å²) in [5, 5.41) is 22.5. The molecule has 388 valence electrons. The van der Waals surface area contributed by atoms with Crippen molar-refractivity contribution in [3.63, 3.8) is 0 Å². The Morgan fingerprint density at radius 2 is 1.51 bits per heavy atom. The monoisotopic (exact) mass is 1000 g/mol. The number of thioether (sulfide) groups is 1. The first-order valence-electron chi connectivity index (χ1n) is 23.6. The van der Waals surface area contributed by atoms with Gasteiger partial charge in [-0.2, -0.15) is 11.8 Å². The number of anilines is 1. The predicted octanol–water partition coefficient (Wildman–Crippen LogP) is 4.89. The van der Waals surface area contributed by atoms with Crippen LogP contribution in [-0.2, 0) is 55.9 Å². The Kier molecular flexibility index (Phi) is 22.7. The lowest BCUT2D eigenvalue weighted by atomic mass is 10.00. The fourth-order valence-corrected chi connectivity index (χ4v) is 8.42. The number of aromatic nitrogens is 3. The molecule has 21 nitrogen and oxygen atoms in total. The first kappa shape index (κ1) is 57.1. The molecule has 0 radical (unpaired) electrons. The number of Topliss-reactive ketones (excluding diaryl/α,β-unsaturated/α-hetero) is 1. The number of hydrogen-bond donors (Lipinski definition) is 5. The summed E-state index contributed by atoms with van der Waals surface area (Å²) in [6.45, 7) is 18.6. The van der Waals surface area contributed by atoms with Gasteiger partial charge in [-0.05, 0) is 93.4 Å². The van der Waals surface area contributed by atoms with Crippen molar-refractivity contribution in [2.24, 2.45) is 0 Å². The van der Waals surface area contributed by atoms with Gasteiger partial charge in [-0.25, -0.2) is 23.9 Å². The number of carbonyl (C=O) groups excluding carboxylic acids is 6. The van der Waals surface area contributed by atoms with Crippen molar-refractivity contribution in [2.45, 2.75) is 148 Å². The molecule has 4 atom stereocenters. The maximum atomic E-state index is 13.8. The summed E-state index contributed by atoms with van der Waals surface area (Å²) in [4.78, 5) is 76.1. The van der Waals surface area contributed by atoms with Crippen molar-refractivity contribution in [3.8, 4) is 11.8 Å². The van der Waals surface area contributed by atoms with E-state index in [1.807, 2.05) is 11.8 Å². The number of nitrogens with one attached hydrogen (secondary N) is 5. The number of hydrogen-bond acceptors (Lipinski definition) is 16. The number of unbranched alkanes of at least 4 members (excludes halogenated alkanes) is 1. The second-order valence-corrected chi connectivity index (χ2v) is 20.8. The van der Waals surface area contributed by atoms with Crippen molar-refractivity contribution in [3.05, 3.63) is 41.2 Å². The Hall–Kier alpha value is -5.47. The van der Waals surface area contributed by atoms with Crippen molar-refractivity contribution in [1.29, 1.82) is 0 Å². The summed E-state index contributed by atoms with van der Waals surface area (Å²) in [5.41, 5.74) is -1.45. The van der Waals surface area contributed by atoms with Gasteiger partial charge in [0.15, 0.2) is 5.78 Å². The van der Waals surface area contributed by atoms with E-state index in [1.54, 1.807) is 79.3 Å². The third kappa shape index (κ3) is 22.5. The standard InChI is InChI=1S/C48H72N8O13S/c1-46(2,3)67-42(59)36(52-45(62)69-48(7,8)9)28-38(57)34-17-16-32(27-35(34)51-44(61)68-47(4,5)6)13-12-20-66-30-33-29-56(55-54-33)19-22-64-24-26-65-25-23-63-21-18-49-40(58)15-11-10-14-39-41-37(31-70-39)50-43(60)53-41/h16-17,27,29,36-37,39,41H,10-11,14-15,18-26,28,30-31H2,1-9H3,(H,49,58)(H,51,61)(H,52,62)(H2,50,53,60)/t36-,37?,39-,41-/m0/s1. The van der Waals surface area contributed by atoms with Crippen molar-refractivity contribution < 1.29 is 61.9 Å². The minimum absolute atomic E-state index is 0.0111. The lowest BCUT2D eigenvalue weighted by Crippen LogP contribution is -2.47. The van der Waals surface area contributed by atoms with E-state index in [1.165, 1.54) is 12.1 Å². The van der Waals surface area contributed by atoms with Crippen molar-refractivity contribution >= 4 is 53.3 Å². The molecule has 3 heterocycles. The number of urea groups is 1. The summed E-state index contributed by atoms with van der Waals surface area (Å²) < 4.78 is 40.3. The maximum absolute atomic E-state index is 13.8. The molecule has 0 bridgehead atoms. The van der Waals surface area contributed by atoms with Gasteiger partial charge in [0.1, 0.15) is 35.1 Å². The number of esters is 1. The largest absolute Gasteiger partial charge is 0.458 e. The molecule has 1 aromatic carbocycles. The molecular formula is C48H72N8O13S. The highest BCUT2D eigenvalue weighted by Crippen LogP contribution is 2.33. The number of fused-ring (bicyclic) bond motifs is 1. The molecule has 2 aromatic rings. The minimum Gasteiger partial charge on any atom is -0.458 e. The van der Waals surface area contributed by atoms with Crippen LogP contribution < -0.4 is 26.6 Å². The van der Waals surface area contributed by atoms with Crippen LogP contribution in [0.2, 0.25) is 0 Å². The van der Waals surface area contributed by atoms with Gasteiger partial charge in [0.25, 0.3) is 0 Å². The highest BCUT2D eigenvalue weighted by Gasteiger charge is 2.42. The molecule has 1 aromatic heterocycles. The topological polar surface area (TPSA) is 258 Å². The lowest BCUT2D eigenvalue weighted by Gasteiger charge is -2.26. The highest BCUT2D eigenvalue weighted by atomic mass is 32.2. The van der Waals surface area contributed by atoms with Crippen LogP contribution in [0.4, 0.5) is 20.1 Å². The Morgan fingerprint density at radius 1 is 0.843 bits per heavy atom. The number of amides is 5. The van der Waals surface area contributed by atoms with Gasteiger partial charge in [0.2, 0.25) is 5.91 Å². The summed E-state index contributed by atoms with van der Waals surface area (Å²) in [5.74, 6) is 5.40. The van der Waals surface area contributed by atoms with Crippen LogP contribution >= 0.6 is 11.8 Å². The molecule has 0 aliphatic carbocycles. The van der Waals surface area contributed by atoms with Crippen molar-refractivity contribution in [1.82, 2.24) is 36.3 Å². The van der Waals surface area contributed by atoms with Gasteiger partial charge in [-0.1, -0.05) is 23.5 Å². The third-order valence-corrected chi connectivity index (χ3v) is 11.3. The number of ether oxygens (including phenoxy) is 7. The lowest BCUT2D eigenvalue weighted by molar-refractivity contribution is -0.157. The molecular weight excluding hydrogens is 929 g/mol. The molecule has 2 fully saturated rings. The smallest absolute Gasteiger partial charge is 0.412 e. The molecule has 1 unspecified atom stereocenters. The van der Waals surface area contributed by atoms with E-state index in [4.69, 9.17) is 33.2 Å². The fraction of sp³-hybridized carbons (Fsp3) is 0.667. The molecule has 2 aliphatic heterocycles. The Balaban J connectivity index is 1.11. The predicted molar refractivity (Wildman–Crippen MR) is 260 cm³/mol. The Morgan fingerprint density at radius 3 is 2.21 bits per heavy atom. The molecule has 4 rings (SSSR count). The van der Waals surface area contributed by atoms with Crippen LogP contribution in [0.5, 0.6) is 0 Å². The van der Waals surface area contributed by atoms with Gasteiger partial charge < -0.3 is 54.4 Å². The van der Waals surface area contributed by atoms with Crippen LogP contribution in [0.3, 0.4) is 0 Å². The zero-order chi connectivity index (χ0) is 51.3. The fourth-order valence-electron chi connectivity index (χ4n) is 6.88. The summed E-state index contributed by atoms with van der Waals surface area (Å²) in [6, 6.07) is 3.48. The van der Waals surface area contributed by atoms with E-state index in [-0.39, 0.29) is 48.5 Å². The zero-order valence-corrected chi connectivity index (χ0v) is 42.8. The van der Waals surface area contributed by atoms with E-state index in [9.17, 15) is 28.8 Å². The number of rotatable bonds is 26. The third-order valence-electron chi connectivity index (χ3n) is 9.83. The van der Waals surface area contributed by atoms with E-state index < -0.39 is 53.2 Å². The summed E-state index contributed by atoms with van der Waals surface area (Å²) >= 11 is 1.88. The number of carbonyl (C=O) groups is 6. The number of alkyl carbamates (subject to hydrolysis) is 1. The van der Waals surface area contributed by atoms with E-state index >= 15 is 0 Å². The van der Waals surface area contributed by atoms with Gasteiger partial charge >= 0.3 is 24.2 Å². The Labute approximate surface area is 415 Å². The van der Waals surface area contributed by atoms with Crippen LogP contribution in [0.25, 0.3) is 0 Å². The average Bonchev–Trinajstić information content (AvgIpc) is 3.96. The molecule has 70 heavy (non-hydrogen) atoms. The second-order valence-electron chi connectivity index (χ2n) is 19.6. The van der Waals surface area contributed by atoms with Gasteiger partial charge in [0.05, 0.1) is 76.8 Å². The van der Waals surface area contributed by atoms with E-state index in [0.717, 1.165) is 25.0 Å². The average molecular weight is 1000 g/mol. The van der Waals surface area contributed by atoms with E-state index in [0.29, 0.717) is 75.7 Å². The second kappa shape index (κ2) is 27.8. The van der Waals surface area contributed by atoms with E-state index in [2.05, 4.69) is 48.7 Å². The van der Waals surface area contributed by atoms with Crippen LogP contribution in [0, 0.1) is 11.8 Å². The number of ketones is 1. The first-order valence-corrected chi connectivity index (χ1v) is 24.6. The molecule has 5 amide bonds. The zero-order valence-electron chi connectivity index (χ0n) is 42.0. The molecule has 22 heteroatoms. The van der Waals surface area contributed by atoms with Crippen molar-refractivity contribution in [2.75, 3.05) is 63.9 Å². The number of benzene rings is 1. The maximum Gasteiger partial charge on any atom is 0.412 e.